The predicted molar refractivity (Wildman–Crippen MR) is 129 cm³/mol. The van der Waals surface area contributed by atoms with Crippen molar-refractivity contribution in [2.45, 2.75) is 80.5 Å². The van der Waals surface area contributed by atoms with Crippen LogP contribution in [0.2, 0.25) is 0 Å². The smallest absolute Gasteiger partial charge is 0.417 e. The van der Waals surface area contributed by atoms with E-state index in [0.717, 1.165) is 32.8 Å². The van der Waals surface area contributed by atoms with Crippen LogP contribution in [-0.4, -0.2) is 52.7 Å². The zero-order valence-corrected chi connectivity index (χ0v) is 21.4. The van der Waals surface area contributed by atoms with Crippen LogP contribution in [0.3, 0.4) is 0 Å². The Kier molecular flexibility index (Phi) is 8.94. The molecule has 0 spiro atoms. The molecule has 0 bridgehead atoms. The average molecular weight is 534 g/mol. The van der Waals surface area contributed by atoms with Gasteiger partial charge in [0.25, 0.3) is 0 Å². The zero-order valence-electron chi connectivity index (χ0n) is 20.6. The van der Waals surface area contributed by atoms with E-state index in [1.807, 2.05) is 0 Å². The predicted octanol–water partition coefficient (Wildman–Crippen LogP) is 6.19. The van der Waals surface area contributed by atoms with Gasteiger partial charge < -0.3 is 9.84 Å². The highest BCUT2D eigenvalue weighted by atomic mass is 32.2. The lowest BCUT2D eigenvalue weighted by atomic mass is 9.55. The van der Waals surface area contributed by atoms with Gasteiger partial charge in [-0.15, -0.1) is 0 Å². The van der Waals surface area contributed by atoms with E-state index >= 15 is 4.39 Å². The number of hydrogen-bond donors (Lipinski definition) is 1. The Balaban J connectivity index is 0.00000176. The molecule has 1 aliphatic heterocycles. The van der Waals surface area contributed by atoms with Crippen molar-refractivity contribution in [3.63, 3.8) is 0 Å². The minimum Gasteiger partial charge on any atom is -0.468 e. The van der Waals surface area contributed by atoms with Crippen molar-refractivity contribution in [3.05, 3.63) is 58.9 Å². The van der Waals surface area contributed by atoms with Gasteiger partial charge >= 0.3 is 12.1 Å². The fourth-order valence-corrected chi connectivity index (χ4v) is 6.56. The lowest BCUT2D eigenvalue weighted by Gasteiger charge is -2.51. The summed E-state index contributed by atoms with van der Waals surface area (Å²) in [6.07, 6.45) is 3.96. The molecule has 4 rings (SSSR count). The first-order valence-electron chi connectivity index (χ1n) is 11.8. The summed E-state index contributed by atoms with van der Waals surface area (Å²) in [5.41, 5.74) is -3.09. The van der Waals surface area contributed by atoms with Crippen LogP contribution in [0.1, 0.15) is 56.6 Å². The van der Waals surface area contributed by atoms with Crippen molar-refractivity contribution in [1.29, 1.82) is 0 Å². The molecule has 1 aromatic rings. The Bertz CT molecular complexity index is 1000. The van der Waals surface area contributed by atoms with E-state index in [4.69, 9.17) is 4.74 Å². The third-order valence-corrected chi connectivity index (χ3v) is 8.70. The lowest BCUT2D eigenvalue weighted by molar-refractivity contribution is -0.303. The van der Waals surface area contributed by atoms with E-state index in [-0.39, 0.29) is 11.6 Å². The number of esters is 1. The molecule has 2 aliphatic carbocycles. The maximum atomic E-state index is 15.2. The van der Waals surface area contributed by atoms with Crippen molar-refractivity contribution in [2.24, 2.45) is 0 Å². The second-order valence-electron chi connectivity index (χ2n) is 9.55. The van der Waals surface area contributed by atoms with Crippen molar-refractivity contribution < 1.29 is 36.6 Å². The molecule has 3 aliphatic rings. The van der Waals surface area contributed by atoms with Gasteiger partial charge in [0.05, 0.1) is 14.3 Å². The van der Waals surface area contributed by atoms with Gasteiger partial charge in [0, 0.05) is 36.2 Å². The first-order chi connectivity index (χ1) is 17.0. The minimum absolute atomic E-state index is 0.174. The highest BCUT2D eigenvalue weighted by Gasteiger charge is 2.71. The molecule has 1 saturated carbocycles. The van der Waals surface area contributed by atoms with E-state index < -0.39 is 41.8 Å². The fourth-order valence-electron chi connectivity index (χ4n) is 5.16. The van der Waals surface area contributed by atoms with Gasteiger partial charge in [0.1, 0.15) is 11.2 Å². The van der Waals surface area contributed by atoms with Gasteiger partial charge in [-0.3, -0.25) is 9.18 Å². The zero-order chi connectivity index (χ0) is 26.7. The van der Waals surface area contributed by atoms with E-state index in [0.29, 0.717) is 24.5 Å². The van der Waals surface area contributed by atoms with Crippen LogP contribution in [-0.2, 0) is 21.5 Å². The van der Waals surface area contributed by atoms with Gasteiger partial charge in [0.15, 0.2) is 5.60 Å². The van der Waals surface area contributed by atoms with E-state index in [1.165, 1.54) is 17.7 Å². The standard InChI is InChI=1S/C25H29F4NO3S.CH3F/c1-16-8-11-21(18-6-4-3-5-7-18)34-30(16)13-17-9-10-19(20(26)12-17)23(22(31)33-2)14-24(32,15-23)25(27,28)29;1-2/h4,6-7,9-10,12,16,21,32H,3,5,8,11,13-15H2,1-2H3;1H3/t16-,21?,23?,24?;/m0./s1. The minimum atomic E-state index is -4.91. The molecule has 0 amide bonds. The number of carbonyl (C=O) groups is 1. The molecular formula is C26H32F5NO3S. The molecule has 10 heteroatoms. The number of allylic oxidation sites excluding steroid dienone is 3. The molecular weight excluding hydrogens is 501 g/mol. The molecule has 1 unspecified atom stereocenters. The molecule has 2 atom stereocenters. The number of methoxy groups -OCH3 is 1. The average Bonchev–Trinajstić information content (AvgIpc) is 2.84. The summed E-state index contributed by atoms with van der Waals surface area (Å²) in [6.45, 7) is 2.59. The second-order valence-corrected chi connectivity index (χ2v) is 10.8. The molecule has 1 saturated heterocycles. The fraction of sp³-hybridized carbons (Fsp3) is 0.577. The van der Waals surface area contributed by atoms with Crippen LogP contribution in [0.25, 0.3) is 0 Å². The van der Waals surface area contributed by atoms with Crippen LogP contribution in [0, 0.1) is 5.82 Å². The highest BCUT2D eigenvalue weighted by Crippen LogP contribution is 2.57. The number of benzene rings is 1. The number of carbonyl (C=O) groups excluding carboxylic acids is 1. The number of ether oxygens (including phenoxy) is 1. The Morgan fingerprint density at radius 1 is 1.22 bits per heavy atom. The Morgan fingerprint density at radius 2 is 1.92 bits per heavy atom. The van der Waals surface area contributed by atoms with E-state index in [1.54, 1.807) is 18.0 Å². The van der Waals surface area contributed by atoms with E-state index in [2.05, 4.69) is 29.5 Å². The summed E-state index contributed by atoms with van der Waals surface area (Å²) in [5, 5.41) is 10.3. The van der Waals surface area contributed by atoms with Gasteiger partial charge in [-0.1, -0.05) is 42.3 Å². The van der Waals surface area contributed by atoms with Crippen LogP contribution < -0.4 is 0 Å². The number of aliphatic hydroxyl groups is 1. The third-order valence-electron chi connectivity index (χ3n) is 7.18. The number of alkyl halides is 4. The monoisotopic (exact) mass is 533 g/mol. The van der Waals surface area contributed by atoms with Gasteiger partial charge in [-0.25, -0.2) is 8.70 Å². The molecule has 4 nitrogen and oxygen atoms in total. The van der Waals surface area contributed by atoms with E-state index in [9.17, 15) is 27.5 Å². The number of hydrogen-bond acceptors (Lipinski definition) is 5. The first kappa shape index (κ1) is 28.7. The van der Waals surface area contributed by atoms with Crippen LogP contribution in [0.15, 0.2) is 42.0 Å². The second kappa shape index (κ2) is 11.2. The molecule has 0 radical (unpaired) electrons. The molecule has 1 N–H and O–H groups in total. The SMILES string of the molecule is CF.COC(=O)C1(c2ccc(CN3SC(C4=CCCC=C4)CC[C@@H]3C)cc2F)CC(O)(C(F)(F)F)C1. The summed E-state index contributed by atoms with van der Waals surface area (Å²) in [6, 6.07) is 4.57. The number of halogens is 5. The molecule has 0 aromatic heterocycles. The lowest BCUT2D eigenvalue weighted by Crippen LogP contribution is -2.65. The summed E-state index contributed by atoms with van der Waals surface area (Å²) < 4.78 is 71.3. The van der Waals surface area contributed by atoms with Gasteiger partial charge in [-0.2, -0.15) is 13.2 Å². The van der Waals surface area contributed by atoms with Crippen LogP contribution in [0.5, 0.6) is 0 Å². The van der Waals surface area contributed by atoms with Crippen LogP contribution >= 0.6 is 11.9 Å². The highest BCUT2D eigenvalue weighted by molar-refractivity contribution is 7.97. The summed E-state index contributed by atoms with van der Waals surface area (Å²) in [4.78, 5) is 12.4. The van der Waals surface area contributed by atoms with Crippen molar-refractivity contribution in [2.75, 3.05) is 14.3 Å². The molecule has 1 aromatic carbocycles. The normalized spacial score (nSPS) is 30.5. The van der Waals surface area contributed by atoms with Crippen molar-refractivity contribution in [1.82, 2.24) is 4.31 Å². The third kappa shape index (κ3) is 5.50. The summed E-state index contributed by atoms with van der Waals surface area (Å²) >= 11 is 1.74. The van der Waals surface area contributed by atoms with Gasteiger partial charge in [-0.05, 0) is 49.8 Å². The Morgan fingerprint density at radius 3 is 2.47 bits per heavy atom. The van der Waals surface area contributed by atoms with Gasteiger partial charge in [0.2, 0.25) is 0 Å². The van der Waals surface area contributed by atoms with Crippen molar-refractivity contribution >= 4 is 17.9 Å². The maximum Gasteiger partial charge on any atom is 0.417 e. The summed E-state index contributed by atoms with van der Waals surface area (Å²) in [5.74, 6) is -1.75. The summed E-state index contributed by atoms with van der Waals surface area (Å²) in [7, 11) is 1.55. The largest absolute Gasteiger partial charge is 0.468 e. The molecule has 1 heterocycles. The maximum absolute atomic E-state index is 15.2. The molecule has 2 fully saturated rings. The quantitative estimate of drug-likeness (QED) is 0.278. The number of nitrogens with zero attached hydrogens (tertiary/aromatic N) is 1. The number of rotatable bonds is 5. The Labute approximate surface area is 212 Å². The molecule has 36 heavy (non-hydrogen) atoms. The van der Waals surface area contributed by atoms with Crippen molar-refractivity contribution in [3.8, 4) is 0 Å². The molecule has 200 valence electrons. The Hall–Kier alpha value is -1.91. The van der Waals surface area contributed by atoms with Crippen LogP contribution in [0.4, 0.5) is 22.0 Å². The first-order valence-corrected chi connectivity index (χ1v) is 12.7. The topological polar surface area (TPSA) is 49.8 Å².